The third-order valence-corrected chi connectivity index (χ3v) is 7.83. The predicted molar refractivity (Wildman–Crippen MR) is 115 cm³/mol. The standard InChI is InChI=1S/C21H20FN3O4S2/c22-16-6-8-17(9-7-16)23-20(26)19(15-4-2-1-3-5-15)30-21-25-24-18(29-21)12-14-10-11-31(27,28)13-14/h1-9,14,19H,10-13H2,(H,23,26)/t14-,19-/m1/s1. The first-order valence-corrected chi connectivity index (χ1v) is 12.4. The number of carbonyl (C=O) groups is 1. The Bertz CT molecular complexity index is 1150. The lowest BCUT2D eigenvalue weighted by molar-refractivity contribution is -0.115. The molecule has 0 saturated carbocycles. The van der Waals surface area contributed by atoms with E-state index in [2.05, 4.69) is 15.5 Å². The lowest BCUT2D eigenvalue weighted by atomic mass is 10.1. The predicted octanol–water partition coefficient (Wildman–Crippen LogP) is 3.66. The topological polar surface area (TPSA) is 102 Å². The van der Waals surface area contributed by atoms with Crippen molar-refractivity contribution in [2.75, 3.05) is 16.8 Å². The summed E-state index contributed by atoms with van der Waals surface area (Å²) < 4.78 is 42.1. The van der Waals surface area contributed by atoms with Gasteiger partial charge in [0, 0.05) is 12.1 Å². The molecule has 7 nitrogen and oxygen atoms in total. The van der Waals surface area contributed by atoms with Crippen molar-refractivity contribution in [1.29, 1.82) is 0 Å². The molecular weight excluding hydrogens is 441 g/mol. The maximum Gasteiger partial charge on any atom is 0.277 e. The fourth-order valence-electron chi connectivity index (χ4n) is 3.39. The molecule has 1 fully saturated rings. The molecule has 1 amide bonds. The fraction of sp³-hybridized carbons (Fsp3) is 0.286. The fourth-order valence-corrected chi connectivity index (χ4v) is 6.15. The number of thioether (sulfide) groups is 1. The molecule has 1 saturated heterocycles. The Hall–Kier alpha value is -2.72. The van der Waals surface area contributed by atoms with Crippen molar-refractivity contribution in [2.24, 2.45) is 5.92 Å². The molecule has 162 valence electrons. The second-order valence-corrected chi connectivity index (χ2v) is 10.6. The van der Waals surface area contributed by atoms with Crippen LogP contribution in [-0.2, 0) is 21.1 Å². The lowest BCUT2D eigenvalue weighted by Crippen LogP contribution is -2.19. The molecule has 2 atom stereocenters. The van der Waals surface area contributed by atoms with Gasteiger partial charge in [0.1, 0.15) is 11.1 Å². The van der Waals surface area contributed by atoms with Crippen LogP contribution < -0.4 is 5.32 Å². The number of anilines is 1. The number of sulfone groups is 1. The summed E-state index contributed by atoms with van der Waals surface area (Å²) in [6.07, 6.45) is 0.977. The number of hydrogen-bond acceptors (Lipinski definition) is 7. The first kappa shape index (κ1) is 21.5. The first-order valence-electron chi connectivity index (χ1n) is 9.69. The van der Waals surface area contributed by atoms with Gasteiger partial charge in [-0.25, -0.2) is 12.8 Å². The van der Waals surface area contributed by atoms with Gasteiger partial charge in [-0.05, 0) is 53.9 Å². The Balaban J connectivity index is 1.48. The van der Waals surface area contributed by atoms with Crippen molar-refractivity contribution in [1.82, 2.24) is 10.2 Å². The van der Waals surface area contributed by atoms with E-state index in [1.165, 1.54) is 24.3 Å². The minimum absolute atomic E-state index is 0.0324. The molecule has 1 aliphatic heterocycles. The van der Waals surface area contributed by atoms with Crippen molar-refractivity contribution < 1.29 is 22.0 Å². The van der Waals surface area contributed by atoms with Crippen LogP contribution >= 0.6 is 11.8 Å². The van der Waals surface area contributed by atoms with Crippen LogP contribution in [-0.4, -0.2) is 36.0 Å². The smallest absolute Gasteiger partial charge is 0.277 e. The third-order valence-electron chi connectivity index (χ3n) is 4.91. The lowest BCUT2D eigenvalue weighted by Gasteiger charge is -2.15. The van der Waals surface area contributed by atoms with Gasteiger partial charge in [-0.3, -0.25) is 4.79 Å². The van der Waals surface area contributed by atoms with Crippen LogP contribution in [0.2, 0.25) is 0 Å². The molecule has 0 bridgehead atoms. The van der Waals surface area contributed by atoms with Gasteiger partial charge < -0.3 is 9.73 Å². The summed E-state index contributed by atoms with van der Waals surface area (Å²) in [5, 5.41) is 10.4. The Labute approximate surface area is 183 Å². The number of benzene rings is 2. The third kappa shape index (κ3) is 5.71. The number of rotatable bonds is 7. The van der Waals surface area contributed by atoms with Crippen molar-refractivity contribution in [3.63, 3.8) is 0 Å². The van der Waals surface area contributed by atoms with Gasteiger partial charge in [-0.1, -0.05) is 30.3 Å². The molecular formula is C21H20FN3O4S2. The van der Waals surface area contributed by atoms with Crippen LogP contribution in [0.25, 0.3) is 0 Å². The summed E-state index contributed by atoms with van der Waals surface area (Å²) in [6, 6.07) is 14.7. The highest BCUT2D eigenvalue weighted by Crippen LogP contribution is 2.36. The number of aromatic nitrogens is 2. The zero-order chi connectivity index (χ0) is 21.8. The summed E-state index contributed by atoms with van der Waals surface area (Å²) in [5.41, 5.74) is 1.22. The molecule has 0 spiro atoms. The van der Waals surface area contributed by atoms with E-state index in [-0.39, 0.29) is 34.4 Å². The van der Waals surface area contributed by atoms with Crippen molar-refractivity contribution >= 4 is 33.2 Å². The van der Waals surface area contributed by atoms with E-state index >= 15 is 0 Å². The van der Waals surface area contributed by atoms with Crippen LogP contribution in [0.15, 0.2) is 64.2 Å². The minimum atomic E-state index is -2.98. The molecule has 1 N–H and O–H groups in total. The maximum atomic E-state index is 13.1. The molecule has 1 aromatic heterocycles. The van der Waals surface area contributed by atoms with Crippen LogP contribution in [0.1, 0.15) is 23.1 Å². The zero-order valence-corrected chi connectivity index (χ0v) is 18.0. The summed E-state index contributed by atoms with van der Waals surface area (Å²) in [5.74, 6) is -0.0623. The number of nitrogens with zero attached hydrogens (tertiary/aromatic N) is 2. The average Bonchev–Trinajstić information content (AvgIpc) is 3.34. The molecule has 10 heteroatoms. The SMILES string of the molecule is O=C(Nc1ccc(F)cc1)[C@H](Sc1nnc(C[C@H]2CCS(=O)(=O)C2)o1)c1ccccc1. The molecule has 0 unspecified atom stereocenters. The number of amides is 1. The van der Waals surface area contributed by atoms with E-state index in [4.69, 9.17) is 4.42 Å². The van der Waals surface area contributed by atoms with E-state index in [0.717, 1.165) is 17.3 Å². The number of carbonyl (C=O) groups excluding carboxylic acids is 1. The van der Waals surface area contributed by atoms with Gasteiger partial charge >= 0.3 is 0 Å². The summed E-state index contributed by atoms with van der Waals surface area (Å²) in [4.78, 5) is 13.0. The maximum absolute atomic E-state index is 13.1. The van der Waals surface area contributed by atoms with Gasteiger partial charge in [0.15, 0.2) is 9.84 Å². The zero-order valence-electron chi connectivity index (χ0n) is 16.4. The highest BCUT2D eigenvalue weighted by Gasteiger charge is 2.30. The summed E-state index contributed by atoms with van der Waals surface area (Å²) in [7, 11) is -2.98. The molecule has 0 aliphatic carbocycles. The normalized spacial score (nSPS) is 18.5. The van der Waals surface area contributed by atoms with E-state index in [0.29, 0.717) is 24.4 Å². The van der Waals surface area contributed by atoms with Crippen molar-refractivity contribution in [3.05, 3.63) is 71.9 Å². The van der Waals surface area contributed by atoms with E-state index in [1.807, 2.05) is 30.3 Å². The van der Waals surface area contributed by atoms with Gasteiger partial charge in [0.25, 0.3) is 5.22 Å². The molecule has 2 heterocycles. The van der Waals surface area contributed by atoms with E-state index < -0.39 is 15.1 Å². The summed E-state index contributed by atoms with van der Waals surface area (Å²) in [6.45, 7) is 0. The largest absolute Gasteiger partial charge is 0.416 e. The average molecular weight is 462 g/mol. The number of nitrogens with one attached hydrogen (secondary N) is 1. The molecule has 2 aromatic carbocycles. The highest BCUT2D eigenvalue weighted by atomic mass is 32.2. The Morgan fingerprint density at radius 1 is 1.16 bits per heavy atom. The second kappa shape index (κ2) is 9.19. The van der Waals surface area contributed by atoms with Gasteiger partial charge in [-0.2, -0.15) is 0 Å². The molecule has 31 heavy (non-hydrogen) atoms. The first-order chi connectivity index (χ1) is 14.9. The van der Waals surface area contributed by atoms with Crippen LogP contribution in [0.3, 0.4) is 0 Å². The van der Waals surface area contributed by atoms with Crippen LogP contribution in [0, 0.1) is 11.7 Å². The molecule has 3 aromatic rings. The van der Waals surface area contributed by atoms with Crippen molar-refractivity contribution in [3.8, 4) is 0 Å². The second-order valence-electron chi connectivity index (χ2n) is 7.34. The number of hydrogen-bond donors (Lipinski definition) is 1. The summed E-state index contributed by atoms with van der Waals surface area (Å²) >= 11 is 1.11. The van der Waals surface area contributed by atoms with Crippen molar-refractivity contribution in [2.45, 2.75) is 23.3 Å². The van der Waals surface area contributed by atoms with Gasteiger partial charge in [-0.15, -0.1) is 10.2 Å². The molecule has 4 rings (SSSR count). The Morgan fingerprint density at radius 3 is 2.58 bits per heavy atom. The molecule has 0 radical (unpaired) electrons. The van der Waals surface area contributed by atoms with E-state index in [9.17, 15) is 17.6 Å². The van der Waals surface area contributed by atoms with Gasteiger partial charge in [0.05, 0.1) is 11.5 Å². The minimum Gasteiger partial charge on any atom is -0.416 e. The Morgan fingerprint density at radius 2 is 1.90 bits per heavy atom. The molecule has 1 aliphatic rings. The highest BCUT2D eigenvalue weighted by molar-refractivity contribution is 8.00. The Kier molecular flexibility index (Phi) is 6.38. The van der Waals surface area contributed by atoms with Crippen LogP contribution in [0.5, 0.6) is 0 Å². The van der Waals surface area contributed by atoms with E-state index in [1.54, 1.807) is 0 Å². The van der Waals surface area contributed by atoms with Crippen LogP contribution in [0.4, 0.5) is 10.1 Å². The number of halogens is 1. The monoisotopic (exact) mass is 461 g/mol. The quantitative estimate of drug-likeness (QED) is 0.536. The van der Waals surface area contributed by atoms with Gasteiger partial charge in [0.2, 0.25) is 11.8 Å².